The van der Waals surface area contributed by atoms with Gasteiger partial charge in [0.1, 0.15) is 5.75 Å². The average molecular weight is 355 g/mol. The normalized spacial score (nSPS) is 12.2. The third-order valence-corrected chi connectivity index (χ3v) is 4.83. The van der Waals surface area contributed by atoms with Crippen molar-refractivity contribution in [3.63, 3.8) is 0 Å². The number of thiophene rings is 1. The first-order valence-electron chi connectivity index (χ1n) is 6.39. The van der Waals surface area contributed by atoms with Crippen LogP contribution in [0.3, 0.4) is 0 Å². The molecule has 0 spiro atoms. The Morgan fingerprint density at radius 3 is 2.75 bits per heavy atom. The molecule has 1 aromatic carbocycles. The number of hydrogen-bond acceptors (Lipinski definition) is 4. The Labute approximate surface area is 132 Å². The molecule has 20 heavy (non-hydrogen) atoms. The van der Waals surface area contributed by atoms with E-state index < -0.39 is 0 Å². The molecule has 3 nitrogen and oxygen atoms in total. The summed E-state index contributed by atoms with van der Waals surface area (Å²) in [5, 5.41) is 2.10. The van der Waals surface area contributed by atoms with Gasteiger partial charge in [0.15, 0.2) is 0 Å². The van der Waals surface area contributed by atoms with Gasteiger partial charge in [0.05, 0.1) is 13.7 Å². The molecule has 0 radical (unpaired) electrons. The highest BCUT2D eigenvalue weighted by Gasteiger charge is 2.16. The van der Waals surface area contributed by atoms with E-state index in [1.807, 2.05) is 19.1 Å². The van der Waals surface area contributed by atoms with Gasteiger partial charge in [-0.3, -0.25) is 0 Å². The molecule has 0 aliphatic heterocycles. The molecule has 0 amide bonds. The molecular weight excluding hydrogens is 336 g/mol. The molecule has 1 atom stereocenters. The van der Waals surface area contributed by atoms with Crippen LogP contribution in [0.5, 0.6) is 5.75 Å². The van der Waals surface area contributed by atoms with Gasteiger partial charge in [0, 0.05) is 39.1 Å². The fourth-order valence-corrected chi connectivity index (χ4v) is 3.76. The van der Waals surface area contributed by atoms with Gasteiger partial charge in [-0.2, -0.15) is 0 Å². The van der Waals surface area contributed by atoms with Gasteiger partial charge in [0.2, 0.25) is 0 Å². The van der Waals surface area contributed by atoms with Gasteiger partial charge in [-0.05, 0) is 41.1 Å². The highest BCUT2D eigenvalue weighted by molar-refractivity contribution is 9.10. The summed E-state index contributed by atoms with van der Waals surface area (Å²) >= 11 is 5.24. The molecule has 0 unspecified atom stereocenters. The summed E-state index contributed by atoms with van der Waals surface area (Å²) in [5.41, 5.74) is 8.28. The Morgan fingerprint density at radius 2 is 2.20 bits per heavy atom. The number of rotatable bonds is 5. The van der Waals surface area contributed by atoms with E-state index in [4.69, 9.17) is 10.5 Å². The van der Waals surface area contributed by atoms with Crippen LogP contribution in [0.25, 0.3) is 0 Å². The van der Waals surface area contributed by atoms with E-state index in [0.717, 1.165) is 28.0 Å². The molecule has 2 aromatic rings. The topological polar surface area (TPSA) is 38.5 Å². The second-order valence-electron chi connectivity index (χ2n) is 4.77. The summed E-state index contributed by atoms with van der Waals surface area (Å²) in [4.78, 5) is 3.51. The number of anilines is 1. The van der Waals surface area contributed by atoms with E-state index in [2.05, 4.69) is 45.4 Å². The average Bonchev–Trinajstić information content (AvgIpc) is 2.82. The monoisotopic (exact) mass is 354 g/mol. The molecular formula is C15H19BrN2OS. The Morgan fingerprint density at radius 1 is 1.45 bits per heavy atom. The highest BCUT2D eigenvalue weighted by atomic mass is 79.9. The molecule has 0 bridgehead atoms. The van der Waals surface area contributed by atoms with Crippen LogP contribution in [-0.2, 0) is 6.54 Å². The van der Waals surface area contributed by atoms with E-state index in [9.17, 15) is 0 Å². The van der Waals surface area contributed by atoms with E-state index in [1.54, 1.807) is 18.4 Å². The highest BCUT2D eigenvalue weighted by Crippen LogP contribution is 2.34. The summed E-state index contributed by atoms with van der Waals surface area (Å²) in [6.45, 7) is 2.83. The van der Waals surface area contributed by atoms with Gasteiger partial charge >= 0.3 is 0 Å². The maximum absolute atomic E-state index is 6.11. The van der Waals surface area contributed by atoms with Crippen molar-refractivity contribution in [1.29, 1.82) is 0 Å². The van der Waals surface area contributed by atoms with E-state index in [0.29, 0.717) is 0 Å². The lowest BCUT2D eigenvalue weighted by molar-refractivity contribution is 0.407. The van der Waals surface area contributed by atoms with E-state index in [1.165, 1.54) is 4.88 Å². The summed E-state index contributed by atoms with van der Waals surface area (Å²) in [6, 6.07) is 8.12. The van der Waals surface area contributed by atoms with Crippen molar-refractivity contribution in [2.75, 3.05) is 19.1 Å². The van der Waals surface area contributed by atoms with Crippen molar-refractivity contribution < 1.29 is 4.74 Å². The van der Waals surface area contributed by atoms with Crippen LogP contribution < -0.4 is 15.4 Å². The lowest BCUT2D eigenvalue weighted by Crippen LogP contribution is -2.20. The van der Waals surface area contributed by atoms with Crippen molar-refractivity contribution >= 4 is 33.0 Å². The number of halogens is 1. The first kappa shape index (κ1) is 15.4. The number of methoxy groups -OCH3 is 1. The fourth-order valence-electron chi connectivity index (χ4n) is 2.26. The fraction of sp³-hybridized carbons (Fsp3) is 0.333. The molecule has 0 fully saturated rings. The van der Waals surface area contributed by atoms with E-state index >= 15 is 0 Å². The minimum Gasteiger partial charge on any atom is -0.496 e. The molecule has 2 N–H and O–H groups in total. The van der Waals surface area contributed by atoms with Crippen LogP contribution in [0.4, 0.5) is 5.69 Å². The Balaban J connectivity index is 2.31. The van der Waals surface area contributed by atoms with Crippen LogP contribution >= 0.6 is 27.3 Å². The lowest BCUT2D eigenvalue weighted by Gasteiger charge is -2.25. The third kappa shape index (κ3) is 3.34. The summed E-state index contributed by atoms with van der Waals surface area (Å²) in [7, 11) is 3.76. The van der Waals surface area contributed by atoms with Crippen molar-refractivity contribution in [3.05, 3.63) is 44.6 Å². The quantitative estimate of drug-likeness (QED) is 0.875. The van der Waals surface area contributed by atoms with Gasteiger partial charge in [-0.25, -0.2) is 0 Å². The van der Waals surface area contributed by atoms with Crippen molar-refractivity contribution in [2.24, 2.45) is 5.73 Å². The van der Waals surface area contributed by atoms with E-state index in [-0.39, 0.29) is 6.04 Å². The van der Waals surface area contributed by atoms with Gasteiger partial charge in [-0.15, -0.1) is 11.3 Å². The van der Waals surface area contributed by atoms with Gasteiger partial charge < -0.3 is 15.4 Å². The molecule has 1 aromatic heterocycles. The standard InChI is InChI=1S/C15H19BrN2OS/c1-10(17)15-13(5-4-6-14(15)19-3)18(2)8-12-7-11(16)9-20-12/h4-7,9-10H,8,17H2,1-3H3/t10-/m1/s1. The SMILES string of the molecule is COc1cccc(N(C)Cc2cc(Br)cs2)c1[C@@H](C)N. The second kappa shape index (κ2) is 6.61. The predicted molar refractivity (Wildman–Crippen MR) is 89.7 cm³/mol. The largest absolute Gasteiger partial charge is 0.496 e. The van der Waals surface area contributed by atoms with Gasteiger partial charge in [-0.1, -0.05) is 6.07 Å². The van der Waals surface area contributed by atoms with Crippen LogP contribution in [0, 0.1) is 0 Å². The molecule has 5 heteroatoms. The van der Waals surface area contributed by atoms with Crippen LogP contribution in [0.1, 0.15) is 23.4 Å². The molecule has 0 aliphatic rings. The minimum atomic E-state index is -0.0707. The summed E-state index contributed by atoms with van der Waals surface area (Å²) < 4.78 is 6.57. The first-order chi connectivity index (χ1) is 9.52. The molecule has 2 rings (SSSR count). The molecule has 1 heterocycles. The number of ether oxygens (including phenoxy) is 1. The zero-order valence-corrected chi connectivity index (χ0v) is 14.3. The zero-order valence-electron chi connectivity index (χ0n) is 11.9. The lowest BCUT2D eigenvalue weighted by atomic mass is 10.0. The Kier molecular flexibility index (Phi) is 5.07. The zero-order chi connectivity index (χ0) is 14.7. The van der Waals surface area contributed by atoms with Crippen molar-refractivity contribution in [2.45, 2.75) is 19.5 Å². The maximum atomic E-state index is 6.11. The number of nitrogens with two attached hydrogens (primary N) is 1. The summed E-state index contributed by atoms with van der Waals surface area (Å²) in [6.07, 6.45) is 0. The molecule has 108 valence electrons. The molecule has 0 saturated heterocycles. The molecule has 0 saturated carbocycles. The van der Waals surface area contributed by atoms with Crippen LogP contribution in [-0.4, -0.2) is 14.2 Å². The first-order valence-corrected chi connectivity index (χ1v) is 8.06. The number of hydrogen-bond donors (Lipinski definition) is 1. The molecule has 0 aliphatic carbocycles. The summed E-state index contributed by atoms with van der Waals surface area (Å²) in [5.74, 6) is 0.844. The second-order valence-corrected chi connectivity index (χ2v) is 6.68. The predicted octanol–water partition coefficient (Wildman–Crippen LogP) is 4.18. The minimum absolute atomic E-state index is 0.0707. The smallest absolute Gasteiger partial charge is 0.125 e. The van der Waals surface area contributed by atoms with Gasteiger partial charge in [0.25, 0.3) is 0 Å². The third-order valence-electron chi connectivity index (χ3n) is 3.14. The van der Waals surface area contributed by atoms with Crippen LogP contribution in [0.2, 0.25) is 0 Å². The Bertz CT molecular complexity index is 583. The van der Waals surface area contributed by atoms with Crippen molar-refractivity contribution in [1.82, 2.24) is 0 Å². The van der Waals surface area contributed by atoms with Crippen molar-refractivity contribution in [3.8, 4) is 5.75 Å². The van der Waals surface area contributed by atoms with Crippen LogP contribution in [0.15, 0.2) is 34.1 Å². The Hall–Kier alpha value is -1.04. The maximum Gasteiger partial charge on any atom is 0.125 e. The number of benzene rings is 1. The number of nitrogens with zero attached hydrogens (tertiary/aromatic N) is 1.